The molecule has 2 fully saturated rings. The predicted octanol–water partition coefficient (Wildman–Crippen LogP) is 0.754. The van der Waals surface area contributed by atoms with E-state index in [0.29, 0.717) is 5.88 Å². The second-order valence-electron chi connectivity index (χ2n) is 4.99. The van der Waals surface area contributed by atoms with Gasteiger partial charge in [-0.15, -0.1) is 0 Å². The van der Waals surface area contributed by atoms with Crippen molar-refractivity contribution in [3.8, 4) is 11.6 Å². The first-order valence-electron chi connectivity index (χ1n) is 6.36. The Balaban J connectivity index is 1.83. The van der Waals surface area contributed by atoms with Crippen LogP contribution in [0.5, 0.6) is 11.6 Å². The van der Waals surface area contributed by atoms with E-state index in [2.05, 4.69) is 15.2 Å². The predicted molar refractivity (Wildman–Crippen MR) is 69.4 cm³/mol. The van der Waals surface area contributed by atoms with Crippen molar-refractivity contribution >= 4 is 5.82 Å². The summed E-state index contributed by atoms with van der Waals surface area (Å²) in [7, 11) is 3.30. The highest BCUT2D eigenvalue weighted by Crippen LogP contribution is 2.32. The molecule has 0 spiro atoms. The second kappa shape index (κ2) is 4.65. The molecule has 3 heterocycles. The molecule has 2 atom stereocenters. The molecule has 98 valence electrons. The first kappa shape index (κ1) is 11.6. The van der Waals surface area contributed by atoms with Crippen molar-refractivity contribution in [3.63, 3.8) is 0 Å². The molecule has 0 amide bonds. The van der Waals surface area contributed by atoms with E-state index in [-0.39, 0.29) is 0 Å². The number of hydrogen-bond donors (Lipinski definition) is 1. The number of nitrogens with one attached hydrogen (secondary N) is 1. The molecule has 0 bridgehead atoms. The van der Waals surface area contributed by atoms with E-state index in [1.165, 1.54) is 0 Å². The van der Waals surface area contributed by atoms with Gasteiger partial charge in [0.25, 0.3) is 0 Å². The topological polar surface area (TPSA) is 46.6 Å². The zero-order chi connectivity index (χ0) is 12.5. The molecule has 5 nitrogen and oxygen atoms in total. The van der Waals surface area contributed by atoms with Crippen molar-refractivity contribution in [2.45, 2.75) is 0 Å². The summed E-state index contributed by atoms with van der Waals surface area (Å²) >= 11 is 0. The smallest absolute Gasteiger partial charge is 0.218 e. The zero-order valence-corrected chi connectivity index (χ0v) is 10.8. The van der Waals surface area contributed by atoms with Crippen LogP contribution in [0.2, 0.25) is 0 Å². The maximum absolute atomic E-state index is 5.29. The number of methoxy groups -OCH3 is 2. The number of hydrogen-bond acceptors (Lipinski definition) is 5. The first-order valence-corrected chi connectivity index (χ1v) is 6.36. The molecular weight excluding hydrogens is 230 g/mol. The van der Waals surface area contributed by atoms with Gasteiger partial charge in [-0.2, -0.15) is 4.98 Å². The molecule has 1 aromatic rings. The van der Waals surface area contributed by atoms with E-state index in [4.69, 9.17) is 9.47 Å². The summed E-state index contributed by atoms with van der Waals surface area (Å²) in [6, 6.07) is 3.79. The number of ether oxygens (including phenoxy) is 2. The van der Waals surface area contributed by atoms with Crippen molar-refractivity contribution in [1.82, 2.24) is 10.3 Å². The zero-order valence-electron chi connectivity index (χ0n) is 10.8. The van der Waals surface area contributed by atoms with Gasteiger partial charge < -0.3 is 19.7 Å². The van der Waals surface area contributed by atoms with E-state index in [1.54, 1.807) is 14.2 Å². The van der Waals surface area contributed by atoms with Gasteiger partial charge in [0.2, 0.25) is 5.88 Å². The summed E-state index contributed by atoms with van der Waals surface area (Å²) in [5.74, 6) is 3.88. The van der Waals surface area contributed by atoms with E-state index in [1.807, 2.05) is 12.1 Å². The fourth-order valence-electron chi connectivity index (χ4n) is 2.89. The monoisotopic (exact) mass is 249 g/mol. The Kier molecular flexibility index (Phi) is 2.99. The lowest BCUT2D eigenvalue weighted by molar-refractivity contribution is 0.382. The Labute approximate surface area is 107 Å². The van der Waals surface area contributed by atoms with Crippen LogP contribution in [0.1, 0.15) is 0 Å². The van der Waals surface area contributed by atoms with Crippen LogP contribution in [0.4, 0.5) is 5.82 Å². The SMILES string of the molecule is COc1cc(OC)nc(N2CC3CNCC3C2)c1. The molecule has 2 saturated heterocycles. The molecule has 2 aliphatic heterocycles. The Morgan fingerprint density at radius 2 is 1.89 bits per heavy atom. The van der Waals surface area contributed by atoms with Gasteiger partial charge >= 0.3 is 0 Å². The number of rotatable bonds is 3. The third-order valence-electron chi connectivity index (χ3n) is 3.92. The van der Waals surface area contributed by atoms with Crippen molar-refractivity contribution < 1.29 is 9.47 Å². The minimum atomic E-state index is 0.611. The molecule has 1 N–H and O–H groups in total. The van der Waals surface area contributed by atoms with Gasteiger partial charge in [0.05, 0.1) is 14.2 Å². The van der Waals surface area contributed by atoms with Crippen LogP contribution >= 0.6 is 0 Å². The maximum atomic E-state index is 5.29. The van der Waals surface area contributed by atoms with Gasteiger partial charge in [-0.05, 0) is 11.8 Å². The van der Waals surface area contributed by atoms with Gasteiger partial charge in [-0.3, -0.25) is 0 Å². The molecule has 2 aliphatic rings. The van der Waals surface area contributed by atoms with Crippen LogP contribution < -0.4 is 19.7 Å². The molecule has 0 radical (unpaired) electrons. The van der Waals surface area contributed by atoms with Crippen molar-refractivity contribution in [2.75, 3.05) is 45.3 Å². The van der Waals surface area contributed by atoms with Crippen molar-refractivity contribution in [1.29, 1.82) is 0 Å². The van der Waals surface area contributed by atoms with Crippen molar-refractivity contribution in [2.24, 2.45) is 11.8 Å². The van der Waals surface area contributed by atoms with Crippen LogP contribution in [-0.2, 0) is 0 Å². The van der Waals surface area contributed by atoms with E-state index in [9.17, 15) is 0 Å². The lowest BCUT2D eigenvalue weighted by Crippen LogP contribution is -2.26. The average molecular weight is 249 g/mol. The van der Waals surface area contributed by atoms with Crippen LogP contribution in [0.15, 0.2) is 12.1 Å². The molecule has 1 aromatic heterocycles. The summed E-state index contributed by atoms with van der Waals surface area (Å²) in [5, 5.41) is 3.44. The maximum Gasteiger partial charge on any atom is 0.218 e. The van der Waals surface area contributed by atoms with Gasteiger partial charge in [0, 0.05) is 38.3 Å². The largest absolute Gasteiger partial charge is 0.496 e. The molecule has 5 heteroatoms. The Morgan fingerprint density at radius 3 is 2.50 bits per heavy atom. The molecular formula is C13H19N3O2. The molecule has 2 unspecified atom stereocenters. The molecule has 0 aliphatic carbocycles. The normalized spacial score (nSPS) is 26.2. The third-order valence-corrected chi connectivity index (χ3v) is 3.92. The van der Waals surface area contributed by atoms with E-state index < -0.39 is 0 Å². The number of nitrogens with zero attached hydrogens (tertiary/aromatic N) is 2. The minimum Gasteiger partial charge on any atom is -0.496 e. The highest BCUT2D eigenvalue weighted by molar-refractivity contribution is 5.48. The highest BCUT2D eigenvalue weighted by Gasteiger charge is 2.36. The van der Waals surface area contributed by atoms with Gasteiger partial charge in [-0.1, -0.05) is 0 Å². The lowest BCUT2D eigenvalue weighted by Gasteiger charge is -2.19. The van der Waals surface area contributed by atoms with E-state index in [0.717, 1.165) is 49.6 Å². The van der Waals surface area contributed by atoms with Gasteiger partial charge in [0.1, 0.15) is 11.6 Å². The highest BCUT2D eigenvalue weighted by atomic mass is 16.5. The lowest BCUT2D eigenvalue weighted by atomic mass is 10.0. The number of anilines is 1. The van der Waals surface area contributed by atoms with E-state index >= 15 is 0 Å². The number of aromatic nitrogens is 1. The molecule has 0 aromatic carbocycles. The fraction of sp³-hybridized carbons (Fsp3) is 0.615. The Morgan fingerprint density at radius 1 is 1.17 bits per heavy atom. The van der Waals surface area contributed by atoms with Crippen LogP contribution in [0, 0.1) is 11.8 Å². The molecule has 18 heavy (non-hydrogen) atoms. The van der Waals surface area contributed by atoms with Crippen LogP contribution in [0.3, 0.4) is 0 Å². The second-order valence-corrected chi connectivity index (χ2v) is 4.99. The average Bonchev–Trinajstić information content (AvgIpc) is 2.98. The summed E-state index contributed by atoms with van der Waals surface area (Å²) in [6.45, 7) is 4.40. The van der Waals surface area contributed by atoms with Crippen LogP contribution in [-0.4, -0.2) is 45.4 Å². The summed E-state index contributed by atoms with van der Waals surface area (Å²) in [5.41, 5.74) is 0. The Hall–Kier alpha value is -1.49. The number of pyridine rings is 1. The molecule has 0 saturated carbocycles. The Bertz CT molecular complexity index is 404. The van der Waals surface area contributed by atoms with Gasteiger partial charge in [0.15, 0.2) is 0 Å². The standard InChI is InChI=1S/C13H19N3O2/c1-17-11-3-12(15-13(4-11)18-2)16-7-9-5-14-6-10(9)8-16/h3-4,9-10,14H,5-8H2,1-2H3. The molecule has 3 rings (SSSR count). The van der Waals surface area contributed by atoms with Crippen LogP contribution in [0.25, 0.3) is 0 Å². The third kappa shape index (κ3) is 1.99. The van der Waals surface area contributed by atoms with Crippen molar-refractivity contribution in [3.05, 3.63) is 12.1 Å². The fourth-order valence-corrected chi connectivity index (χ4v) is 2.89. The first-order chi connectivity index (χ1) is 8.80. The summed E-state index contributed by atoms with van der Waals surface area (Å²) in [4.78, 5) is 6.85. The summed E-state index contributed by atoms with van der Waals surface area (Å²) < 4.78 is 10.5. The minimum absolute atomic E-state index is 0.611. The summed E-state index contributed by atoms with van der Waals surface area (Å²) in [6.07, 6.45) is 0. The number of fused-ring (bicyclic) bond motifs is 1. The quantitative estimate of drug-likeness (QED) is 0.856. The van der Waals surface area contributed by atoms with Gasteiger partial charge in [-0.25, -0.2) is 0 Å².